The molecule has 5 nitrogen and oxygen atoms in total. The topological polar surface area (TPSA) is 59.2 Å². The first kappa shape index (κ1) is 17.4. The molecule has 1 aliphatic heterocycles. The van der Waals surface area contributed by atoms with Crippen molar-refractivity contribution in [3.8, 4) is 0 Å². The molecular formula is C17H18F3N3O2. The average molecular weight is 353 g/mol. The lowest BCUT2D eigenvalue weighted by Gasteiger charge is -2.31. The summed E-state index contributed by atoms with van der Waals surface area (Å²) in [5, 5.41) is 3.77. The lowest BCUT2D eigenvalue weighted by molar-refractivity contribution is -0.138. The van der Waals surface area contributed by atoms with Crippen LogP contribution in [0.1, 0.15) is 41.6 Å². The van der Waals surface area contributed by atoms with Crippen molar-refractivity contribution in [3.05, 3.63) is 47.1 Å². The number of piperidine rings is 1. The van der Waals surface area contributed by atoms with Crippen molar-refractivity contribution in [2.24, 2.45) is 0 Å². The molecule has 0 bridgehead atoms. The maximum atomic E-state index is 12.8. The highest BCUT2D eigenvalue weighted by Crippen LogP contribution is 2.30. The number of hydrogen-bond acceptors (Lipinski definition) is 4. The quantitative estimate of drug-likeness (QED) is 0.849. The monoisotopic (exact) mass is 353 g/mol. The summed E-state index contributed by atoms with van der Waals surface area (Å²) >= 11 is 0. The van der Waals surface area contributed by atoms with Gasteiger partial charge in [-0.1, -0.05) is 23.4 Å². The minimum atomic E-state index is -4.41. The number of hydrogen-bond donors (Lipinski definition) is 0. The number of carbonyl (C=O) groups excluding carboxylic acids is 1. The van der Waals surface area contributed by atoms with Gasteiger partial charge in [0.25, 0.3) is 0 Å². The van der Waals surface area contributed by atoms with Crippen LogP contribution in [0.3, 0.4) is 0 Å². The summed E-state index contributed by atoms with van der Waals surface area (Å²) in [7, 11) is 0. The lowest BCUT2D eigenvalue weighted by Crippen LogP contribution is -2.40. The molecule has 134 valence electrons. The molecular weight excluding hydrogens is 335 g/mol. The Morgan fingerprint density at radius 1 is 1.40 bits per heavy atom. The highest BCUT2D eigenvalue weighted by Gasteiger charge is 2.31. The Hall–Kier alpha value is -2.38. The van der Waals surface area contributed by atoms with Crippen LogP contribution in [-0.2, 0) is 17.4 Å². The first-order chi connectivity index (χ1) is 11.8. The van der Waals surface area contributed by atoms with Crippen LogP contribution in [0.4, 0.5) is 13.2 Å². The fraction of sp³-hybridized carbons (Fsp3) is 0.471. The van der Waals surface area contributed by atoms with E-state index in [-0.39, 0.29) is 18.2 Å². The van der Waals surface area contributed by atoms with E-state index in [1.165, 1.54) is 12.1 Å². The van der Waals surface area contributed by atoms with E-state index in [0.717, 1.165) is 25.0 Å². The molecule has 1 aliphatic rings. The van der Waals surface area contributed by atoms with Crippen LogP contribution < -0.4 is 0 Å². The molecule has 2 aromatic rings. The third kappa shape index (κ3) is 4.18. The van der Waals surface area contributed by atoms with Gasteiger partial charge in [0.05, 0.1) is 17.9 Å². The van der Waals surface area contributed by atoms with Crippen LogP contribution in [0.15, 0.2) is 28.8 Å². The van der Waals surface area contributed by atoms with Crippen LogP contribution >= 0.6 is 0 Å². The molecule has 1 atom stereocenters. The SMILES string of the molecule is Cc1noc([C@H]2CCCN(C(=O)Cc3cccc(C(F)(F)F)c3)C2)n1. The Morgan fingerprint density at radius 3 is 2.88 bits per heavy atom. The van der Waals surface area contributed by atoms with Gasteiger partial charge >= 0.3 is 6.18 Å². The van der Waals surface area contributed by atoms with Gasteiger partial charge in [-0.3, -0.25) is 4.79 Å². The Morgan fingerprint density at radius 2 is 2.20 bits per heavy atom. The number of halogens is 3. The van der Waals surface area contributed by atoms with Gasteiger partial charge in [-0.15, -0.1) is 0 Å². The Kier molecular flexibility index (Phi) is 4.78. The molecule has 0 radical (unpaired) electrons. The zero-order valence-electron chi connectivity index (χ0n) is 13.7. The van der Waals surface area contributed by atoms with Gasteiger partial charge in [-0.2, -0.15) is 18.2 Å². The van der Waals surface area contributed by atoms with Crippen molar-refractivity contribution in [2.45, 2.75) is 38.3 Å². The first-order valence-electron chi connectivity index (χ1n) is 8.07. The van der Waals surface area contributed by atoms with Gasteiger partial charge < -0.3 is 9.42 Å². The number of benzene rings is 1. The maximum absolute atomic E-state index is 12.8. The fourth-order valence-electron chi connectivity index (χ4n) is 3.03. The number of aromatic nitrogens is 2. The molecule has 0 saturated carbocycles. The predicted molar refractivity (Wildman–Crippen MR) is 82.7 cm³/mol. The van der Waals surface area contributed by atoms with E-state index in [4.69, 9.17) is 4.52 Å². The van der Waals surface area contributed by atoms with Gasteiger partial charge in [0.2, 0.25) is 11.8 Å². The molecule has 0 N–H and O–H groups in total. The van der Waals surface area contributed by atoms with Crippen LogP contribution in [0.25, 0.3) is 0 Å². The van der Waals surface area contributed by atoms with E-state index < -0.39 is 11.7 Å². The summed E-state index contributed by atoms with van der Waals surface area (Å²) in [4.78, 5) is 18.4. The van der Waals surface area contributed by atoms with E-state index >= 15 is 0 Å². The largest absolute Gasteiger partial charge is 0.416 e. The Bertz CT molecular complexity index is 758. The molecule has 0 aliphatic carbocycles. The molecule has 2 heterocycles. The molecule has 25 heavy (non-hydrogen) atoms. The molecule has 8 heteroatoms. The summed E-state index contributed by atoms with van der Waals surface area (Å²) in [6.07, 6.45) is -2.83. The highest BCUT2D eigenvalue weighted by atomic mass is 19.4. The third-order valence-electron chi connectivity index (χ3n) is 4.28. The number of aryl methyl sites for hydroxylation is 1. The van der Waals surface area contributed by atoms with Crippen molar-refractivity contribution >= 4 is 5.91 Å². The first-order valence-corrected chi connectivity index (χ1v) is 8.07. The second kappa shape index (κ2) is 6.85. The van der Waals surface area contributed by atoms with Crippen molar-refractivity contribution in [1.29, 1.82) is 0 Å². The van der Waals surface area contributed by atoms with Crippen LogP contribution in [0.5, 0.6) is 0 Å². The summed E-state index contributed by atoms with van der Waals surface area (Å²) in [5.41, 5.74) is -0.383. The van der Waals surface area contributed by atoms with Crippen LogP contribution in [0.2, 0.25) is 0 Å². The van der Waals surface area contributed by atoms with Crippen molar-refractivity contribution < 1.29 is 22.5 Å². The zero-order chi connectivity index (χ0) is 18.0. The van der Waals surface area contributed by atoms with Crippen molar-refractivity contribution in [2.75, 3.05) is 13.1 Å². The smallest absolute Gasteiger partial charge is 0.342 e. The molecule has 1 saturated heterocycles. The lowest BCUT2D eigenvalue weighted by atomic mass is 9.97. The van der Waals surface area contributed by atoms with E-state index in [9.17, 15) is 18.0 Å². The van der Waals surface area contributed by atoms with Gasteiger partial charge in [-0.25, -0.2) is 0 Å². The normalized spacial score (nSPS) is 18.4. The molecule has 1 fully saturated rings. The molecule has 3 rings (SSSR count). The molecule has 0 spiro atoms. The van der Waals surface area contributed by atoms with Gasteiger partial charge in [-0.05, 0) is 31.4 Å². The average Bonchev–Trinajstić information content (AvgIpc) is 3.01. The van der Waals surface area contributed by atoms with E-state index in [0.29, 0.717) is 30.4 Å². The fourth-order valence-corrected chi connectivity index (χ4v) is 3.03. The minimum absolute atomic E-state index is 0.0274. The second-order valence-electron chi connectivity index (χ2n) is 6.23. The van der Waals surface area contributed by atoms with Gasteiger partial charge in [0, 0.05) is 13.1 Å². The summed E-state index contributed by atoms with van der Waals surface area (Å²) in [6.45, 7) is 2.76. The maximum Gasteiger partial charge on any atom is 0.416 e. The van der Waals surface area contributed by atoms with E-state index in [2.05, 4.69) is 10.1 Å². The Balaban J connectivity index is 1.67. The number of nitrogens with zero attached hydrogens (tertiary/aromatic N) is 3. The summed E-state index contributed by atoms with van der Waals surface area (Å²) < 4.78 is 43.5. The zero-order valence-corrected chi connectivity index (χ0v) is 13.7. The molecule has 1 aromatic carbocycles. The number of carbonyl (C=O) groups is 1. The van der Waals surface area contributed by atoms with Crippen molar-refractivity contribution in [3.63, 3.8) is 0 Å². The summed E-state index contributed by atoms with van der Waals surface area (Å²) in [6, 6.07) is 4.89. The standard InChI is InChI=1S/C17H18F3N3O2/c1-11-21-16(25-22-11)13-5-3-7-23(10-13)15(24)9-12-4-2-6-14(8-12)17(18,19)20/h2,4,6,8,13H,3,5,7,9-10H2,1H3/t13-/m0/s1. The number of amides is 1. The van der Waals surface area contributed by atoms with E-state index in [1.54, 1.807) is 11.8 Å². The molecule has 0 unspecified atom stereocenters. The Labute approximate surface area is 142 Å². The van der Waals surface area contributed by atoms with Gasteiger partial charge in [0.15, 0.2) is 5.82 Å². The van der Waals surface area contributed by atoms with Crippen LogP contribution in [0, 0.1) is 6.92 Å². The molecule has 1 amide bonds. The predicted octanol–water partition coefficient (Wildman–Crippen LogP) is 3.35. The third-order valence-corrected chi connectivity index (χ3v) is 4.28. The summed E-state index contributed by atoms with van der Waals surface area (Å²) in [5.74, 6) is 0.831. The number of alkyl halides is 3. The van der Waals surface area contributed by atoms with Crippen molar-refractivity contribution in [1.82, 2.24) is 15.0 Å². The highest BCUT2D eigenvalue weighted by molar-refractivity contribution is 5.79. The number of rotatable bonds is 3. The minimum Gasteiger partial charge on any atom is -0.342 e. The van der Waals surface area contributed by atoms with Gasteiger partial charge in [0.1, 0.15) is 0 Å². The van der Waals surface area contributed by atoms with Crippen LogP contribution in [-0.4, -0.2) is 34.0 Å². The van der Waals surface area contributed by atoms with E-state index in [1.807, 2.05) is 0 Å². The second-order valence-corrected chi connectivity index (χ2v) is 6.23. The number of likely N-dealkylation sites (tertiary alicyclic amines) is 1. The molecule has 1 aromatic heterocycles.